The minimum atomic E-state index is -0.528. The van der Waals surface area contributed by atoms with Gasteiger partial charge in [-0.2, -0.15) is 0 Å². The van der Waals surface area contributed by atoms with E-state index in [-0.39, 0.29) is 5.69 Å². The summed E-state index contributed by atoms with van der Waals surface area (Å²) in [5.41, 5.74) is 8.03. The number of nitrogens with one attached hydrogen (secondary N) is 1. The van der Waals surface area contributed by atoms with Gasteiger partial charge in [-0.05, 0) is 12.1 Å². The number of hydrogen-bond donors (Lipinski definition) is 2. The summed E-state index contributed by atoms with van der Waals surface area (Å²) in [5.74, 6) is -0.528. The standard InChI is InChI=1S/C14H11N3O/c15-14(18)13-12-10(6-7-16-12)8-11(17-13)9-4-2-1-3-5-9/h1-8,16H,(H2,15,18). The molecule has 0 bridgehead atoms. The highest BCUT2D eigenvalue weighted by Crippen LogP contribution is 2.23. The van der Waals surface area contributed by atoms with Crippen LogP contribution < -0.4 is 5.73 Å². The van der Waals surface area contributed by atoms with Crippen LogP contribution in [0.1, 0.15) is 10.5 Å². The number of nitrogens with zero attached hydrogens (tertiary/aromatic N) is 1. The summed E-state index contributed by atoms with van der Waals surface area (Å²) < 4.78 is 0. The Labute approximate surface area is 103 Å². The zero-order valence-electron chi connectivity index (χ0n) is 9.55. The summed E-state index contributed by atoms with van der Waals surface area (Å²) in [6.45, 7) is 0. The summed E-state index contributed by atoms with van der Waals surface area (Å²) in [7, 11) is 0. The van der Waals surface area contributed by atoms with Crippen molar-refractivity contribution in [3.63, 3.8) is 0 Å². The Balaban J connectivity index is 2.29. The molecular formula is C14H11N3O. The fourth-order valence-corrected chi connectivity index (χ4v) is 2.00. The van der Waals surface area contributed by atoms with Crippen molar-refractivity contribution in [2.45, 2.75) is 0 Å². The number of aromatic amines is 1. The highest BCUT2D eigenvalue weighted by Gasteiger charge is 2.12. The van der Waals surface area contributed by atoms with E-state index in [1.165, 1.54) is 0 Å². The first-order chi connectivity index (χ1) is 8.75. The Bertz CT molecular complexity index is 716. The van der Waals surface area contributed by atoms with Gasteiger partial charge in [0.2, 0.25) is 0 Å². The second-order valence-electron chi connectivity index (χ2n) is 4.03. The van der Waals surface area contributed by atoms with Crippen molar-refractivity contribution in [2.24, 2.45) is 5.73 Å². The van der Waals surface area contributed by atoms with Crippen LogP contribution in [0.2, 0.25) is 0 Å². The average Bonchev–Trinajstić information content (AvgIpc) is 2.86. The molecule has 4 heteroatoms. The first-order valence-corrected chi connectivity index (χ1v) is 5.59. The predicted octanol–water partition coefficient (Wildman–Crippen LogP) is 2.33. The third kappa shape index (κ3) is 1.64. The molecule has 0 fully saturated rings. The molecule has 0 spiro atoms. The normalized spacial score (nSPS) is 10.7. The smallest absolute Gasteiger partial charge is 0.269 e. The van der Waals surface area contributed by atoms with E-state index in [0.29, 0.717) is 5.52 Å². The van der Waals surface area contributed by atoms with Gasteiger partial charge in [0.05, 0.1) is 11.2 Å². The van der Waals surface area contributed by atoms with E-state index in [1.54, 1.807) is 6.20 Å². The zero-order valence-corrected chi connectivity index (χ0v) is 9.55. The topological polar surface area (TPSA) is 71.8 Å². The van der Waals surface area contributed by atoms with Gasteiger partial charge in [0, 0.05) is 17.1 Å². The molecule has 2 aromatic heterocycles. The van der Waals surface area contributed by atoms with E-state index < -0.39 is 5.91 Å². The number of carbonyl (C=O) groups is 1. The van der Waals surface area contributed by atoms with Crippen molar-refractivity contribution in [3.8, 4) is 11.3 Å². The molecule has 88 valence electrons. The lowest BCUT2D eigenvalue weighted by molar-refractivity contribution is 0.0997. The van der Waals surface area contributed by atoms with Crippen LogP contribution in [0.3, 0.4) is 0 Å². The van der Waals surface area contributed by atoms with Crippen molar-refractivity contribution in [3.05, 3.63) is 54.4 Å². The number of H-pyrrole nitrogens is 1. The molecule has 0 radical (unpaired) electrons. The van der Waals surface area contributed by atoms with E-state index in [0.717, 1.165) is 16.6 Å². The number of hydrogen-bond acceptors (Lipinski definition) is 2. The molecule has 2 heterocycles. The van der Waals surface area contributed by atoms with E-state index in [2.05, 4.69) is 9.97 Å². The molecule has 4 nitrogen and oxygen atoms in total. The molecule has 3 N–H and O–H groups in total. The number of amides is 1. The van der Waals surface area contributed by atoms with Gasteiger partial charge in [0.25, 0.3) is 5.91 Å². The molecule has 3 rings (SSSR count). The fourth-order valence-electron chi connectivity index (χ4n) is 2.00. The number of rotatable bonds is 2. The van der Waals surface area contributed by atoms with E-state index >= 15 is 0 Å². The molecule has 1 aromatic carbocycles. The van der Waals surface area contributed by atoms with Crippen LogP contribution in [-0.4, -0.2) is 15.9 Å². The number of aromatic nitrogens is 2. The largest absolute Gasteiger partial charge is 0.364 e. The zero-order chi connectivity index (χ0) is 12.5. The summed E-state index contributed by atoms with van der Waals surface area (Å²) in [6, 6.07) is 13.5. The first kappa shape index (κ1) is 10.5. The summed E-state index contributed by atoms with van der Waals surface area (Å²) >= 11 is 0. The number of pyridine rings is 1. The monoisotopic (exact) mass is 237 g/mol. The quantitative estimate of drug-likeness (QED) is 0.718. The van der Waals surface area contributed by atoms with Crippen LogP contribution in [-0.2, 0) is 0 Å². The maximum absolute atomic E-state index is 11.4. The van der Waals surface area contributed by atoms with Crippen LogP contribution in [0.15, 0.2) is 48.7 Å². The van der Waals surface area contributed by atoms with Crippen molar-refractivity contribution in [1.29, 1.82) is 0 Å². The van der Waals surface area contributed by atoms with Gasteiger partial charge in [-0.1, -0.05) is 30.3 Å². The second kappa shape index (κ2) is 4.00. The number of fused-ring (bicyclic) bond motifs is 1. The Morgan fingerprint density at radius 2 is 1.94 bits per heavy atom. The van der Waals surface area contributed by atoms with E-state index in [1.807, 2.05) is 42.5 Å². The molecular weight excluding hydrogens is 226 g/mol. The summed E-state index contributed by atoms with van der Waals surface area (Å²) in [5, 5.41) is 0.928. The van der Waals surface area contributed by atoms with Gasteiger partial charge in [0.1, 0.15) is 0 Å². The van der Waals surface area contributed by atoms with Crippen molar-refractivity contribution in [2.75, 3.05) is 0 Å². The number of carbonyl (C=O) groups excluding carboxylic acids is 1. The number of benzene rings is 1. The minimum absolute atomic E-state index is 0.274. The Kier molecular flexibility index (Phi) is 2.34. The first-order valence-electron chi connectivity index (χ1n) is 5.59. The molecule has 3 aromatic rings. The molecule has 0 atom stereocenters. The van der Waals surface area contributed by atoms with Crippen molar-refractivity contribution >= 4 is 16.8 Å². The lowest BCUT2D eigenvalue weighted by Crippen LogP contribution is -2.14. The molecule has 0 aliphatic carbocycles. The van der Waals surface area contributed by atoms with E-state index in [4.69, 9.17) is 5.73 Å². The van der Waals surface area contributed by atoms with Crippen LogP contribution in [0, 0.1) is 0 Å². The maximum Gasteiger partial charge on any atom is 0.269 e. The predicted molar refractivity (Wildman–Crippen MR) is 70.0 cm³/mol. The number of nitrogens with two attached hydrogens (primary N) is 1. The highest BCUT2D eigenvalue weighted by atomic mass is 16.1. The van der Waals surface area contributed by atoms with Gasteiger partial charge >= 0.3 is 0 Å². The highest BCUT2D eigenvalue weighted by molar-refractivity contribution is 6.04. The third-order valence-corrected chi connectivity index (χ3v) is 2.84. The number of primary amides is 1. The van der Waals surface area contributed by atoms with Gasteiger partial charge in [0.15, 0.2) is 5.69 Å². The van der Waals surface area contributed by atoms with Crippen molar-refractivity contribution in [1.82, 2.24) is 9.97 Å². The Morgan fingerprint density at radius 3 is 2.67 bits per heavy atom. The van der Waals surface area contributed by atoms with Gasteiger partial charge < -0.3 is 10.7 Å². The second-order valence-corrected chi connectivity index (χ2v) is 4.03. The van der Waals surface area contributed by atoms with Crippen LogP contribution >= 0.6 is 0 Å². The molecule has 0 unspecified atom stereocenters. The minimum Gasteiger partial charge on any atom is -0.364 e. The Morgan fingerprint density at radius 1 is 1.17 bits per heavy atom. The van der Waals surface area contributed by atoms with E-state index in [9.17, 15) is 4.79 Å². The van der Waals surface area contributed by atoms with Crippen molar-refractivity contribution < 1.29 is 4.79 Å². The Hall–Kier alpha value is -2.62. The maximum atomic E-state index is 11.4. The lowest BCUT2D eigenvalue weighted by atomic mass is 10.1. The summed E-state index contributed by atoms with van der Waals surface area (Å²) in [4.78, 5) is 18.8. The van der Waals surface area contributed by atoms with Crippen LogP contribution in [0.5, 0.6) is 0 Å². The fraction of sp³-hybridized carbons (Fsp3) is 0. The molecule has 1 amide bonds. The van der Waals surface area contributed by atoms with Crippen LogP contribution in [0.4, 0.5) is 0 Å². The molecule has 0 saturated heterocycles. The molecule has 0 aliphatic heterocycles. The SMILES string of the molecule is NC(=O)c1nc(-c2ccccc2)cc2cc[nH]c12. The lowest BCUT2D eigenvalue weighted by Gasteiger charge is -2.04. The third-order valence-electron chi connectivity index (χ3n) is 2.84. The van der Waals surface area contributed by atoms with Gasteiger partial charge in [-0.15, -0.1) is 0 Å². The average molecular weight is 237 g/mol. The molecule has 18 heavy (non-hydrogen) atoms. The molecule has 0 aliphatic rings. The van der Waals surface area contributed by atoms with Crippen LogP contribution in [0.25, 0.3) is 22.2 Å². The summed E-state index contributed by atoms with van der Waals surface area (Å²) in [6.07, 6.45) is 1.77. The van der Waals surface area contributed by atoms with Gasteiger partial charge in [-0.3, -0.25) is 4.79 Å². The molecule has 0 saturated carbocycles. The van der Waals surface area contributed by atoms with Gasteiger partial charge in [-0.25, -0.2) is 4.98 Å².